The van der Waals surface area contributed by atoms with Gasteiger partial charge in [0.25, 0.3) is 0 Å². The number of aromatic nitrogens is 2. The van der Waals surface area contributed by atoms with Crippen LogP contribution in [0.3, 0.4) is 0 Å². The second-order valence-corrected chi connectivity index (χ2v) is 8.33. The molecule has 2 heterocycles. The summed E-state index contributed by atoms with van der Waals surface area (Å²) < 4.78 is 11.1. The summed E-state index contributed by atoms with van der Waals surface area (Å²) in [5.74, 6) is 1.25. The highest BCUT2D eigenvalue weighted by Gasteiger charge is 2.31. The zero-order chi connectivity index (χ0) is 23.7. The number of hydrogen-bond donors (Lipinski definition) is 3. The van der Waals surface area contributed by atoms with Crippen LogP contribution in [-0.2, 0) is 11.2 Å². The van der Waals surface area contributed by atoms with Crippen molar-refractivity contribution in [3.63, 3.8) is 0 Å². The number of fused-ring (bicyclic) bond motifs is 2. The number of amides is 1. The number of anilines is 1. The minimum Gasteiger partial charge on any atom is -0.493 e. The summed E-state index contributed by atoms with van der Waals surface area (Å²) in [7, 11) is 3.27. The van der Waals surface area contributed by atoms with Crippen molar-refractivity contribution in [3.8, 4) is 11.5 Å². The van der Waals surface area contributed by atoms with E-state index in [9.17, 15) is 9.59 Å². The van der Waals surface area contributed by atoms with Crippen LogP contribution < -0.4 is 20.5 Å². The maximum Gasteiger partial charge on any atom is 0.323 e. The lowest BCUT2D eigenvalue weighted by Gasteiger charge is -2.37. The smallest absolute Gasteiger partial charge is 0.323 e. The maximum atomic E-state index is 13.1. The summed E-state index contributed by atoms with van der Waals surface area (Å²) in [6, 6.07) is 19.4. The van der Waals surface area contributed by atoms with Gasteiger partial charge in [-0.2, -0.15) is 0 Å². The largest absolute Gasteiger partial charge is 0.493 e. The molecule has 34 heavy (non-hydrogen) atoms. The van der Waals surface area contributed by atoms with Crippen molar-refractivity contribution in [2.45, 2.75) is 12.5 Å². The average Bonchev–Trinajstić information content (AvgIpc) is 3.22. The molecule has 0 radical (unpaired) electrons. The molecule has 3 aromatic carbocycles. The van der Waals surface area contributed by atoms with Gasteiger partial charge in [0.2, 0.25) is 5.91 Å². The van der Waals surface area contributed by atoms with Crippen LogP contribution in [0, 0.1) is 0 Å². The van der Waals surface area contributed by atoms with E-state index in [1.807, 2.05) is 30.3 Å². The lowest BCUT2D eigenvalue weighted by atomic mass is 9.87. The maximum absolute atomic E-state index is 13.1. The Balaban J connectivity index is 1.44. The number of carbonyl (C=O) groups is 1. The molecule has 0 spiro atoms. The third-order valence-electron chi connectivity index (χ3n) is 6.24. The highest BCUT2D eigenvalue weighted by atomic mass is 16.5. The number of methoxy groups -OCH3 is 2. The summed E-state index contributed by atoms with van der Waals surface area (Å²) >= 11 is 0. The van der Waals surface area contributed by atoms with Gasteiger partial charge in [0.05, 0.1) is 37.8 Å². The first-order chi connectivity index (χ1) is 16.6. The second-order valence-electron chi connectivity index (χ2n) is 8.33. The molecule has 174 valence electrons. The SMILES string of the molecule is COc1cc2c(cc1OC)[C@H](c1ccccc1)N(CC(=O)Nc1ccc3[nH]c(=O)[nH]c3c1)CC2. The normalized spacial score (nSPS) is 15.6. The van der Waals surface area contributed by atoms with Gasteiger partial charge in [-0.1, -0.05) is 30.3 Å². The fraction of sp³-hybridized carbons (Fsp3) is 0.231. The van der Waals surface area contributed by atoms with Crippen molar-refractivity contribution < 1.29 is 14.3 Å². The molecule has 1 atom stereocenters. The number of aromatic amines is 2. The van der Waals surface area contributed by atoms with Crippen molar-refractivity contribution >= 4 is 22.6 Å². The van der Waals surface area contributed by atoms with Gasteiger partial charge >= 0.3 is 5.69 Å². The van der Waals surface area contributed by atoms with E-state index in [1.54, 1.807) is 32.4 Å². The van der Waals surface area contributed by atoms with Gasteiger partial charge in [-0.25, -0.2) is 4.79 Å². The molecule has 1 amide bonds. The fourth-order valence-electron chi connectivity index (χ4n) is 4.69. The van der Waals surface area contributed by atoms with E-state index in [0.717, 1.165) is 24.1 Å². The predicted molar refractivity (Wildman–Crippen MR) is 131 cm³/mol. The Morgan fingerprint density at radius 3 is 2.50 bits per heavy atom. The van der Waals surface area contributed by atoms with Crippen LogP contribution in [0.2, 0.25) is 0 Å². The number of rotatable bonds is 6. The minimum absolute atomic E-state index is 0.0981. The summed E-state index contributed by atoms with van der Waals surface area (Å²) in [5, 5.41) is 2.97. The van der Waals surface area contributed by atoms with Crippen molar-refractivity contribution in [1.82, 2.24) is 14.9 Å². The Hall–Kier alpha value is -4.04. The number of nitrogens with one attached hydrogen (secondary N) is 3. The summed E-state index contributed by atoms with van der Waals surface area (Å²) in [4.78, 5) is 32.2. The van der Waals surface area contributed by atoms with E-state index in [0.29, 0.717) is 28.2 Å². The highest BCUT2D eigenvalue weighted by molar-refractivity contribution is 5.94. The van der Waals surface area contributed by atoms with Crippen molar-refractivity contribution in [3.05, 3.63) is 87.8 Å². The Morgan fingerprint density at radius 1 is 1.00 bits per heavy atom. The molecule has 3 N–H and O–H groups in total. The molecule has 1 aromatic heterocycles. The first kappa shape index (κ1) is 21.8. The van der Waals surface area contributed by atoms with Gasteiger partial charge in [-0.05, 0) is 53.4 Å². The van der Waals surface area contributed by atoms with Crippen molar-refractivity contribution in [2.24, 2.45) is 0 Å². The third-order valence-corrected chi connectivity index (χ3v) is 6.24. The predicted octanol–water partition coefficient (Wildman–Crippen LogP) is 3.46. The molecule has 5 rings (SSSR count). The highest BCUT2D eigenvalue weighted by Crippen LogP contribution is 2.40. The number of carbonyl (C=O) groups excluding carboxylic acids is 1. The number of nitrogens with zero attached hydrogens (tertiary/aromatic N) is 1. The van der Waals surface area contributed by atoms with E-state index in [2.05, 4.69) is 32.3 Å². The average molecular weight is 459 g/mol. The molecule has 1 aliphatic rings. The first-order valence-corrected chi connectivity index (χ1v) is 11.1. The van der Waals surface area contributed by atoms with Crippen LogP contribution in [0.5, 0.6) is 11.5 Å². The molecule has 4 aromatic rings. The Morgan fingerprint density at radius 2 is 1.74 bits per heavy atom. The number of H-pyrrole nitrogens is 2. The third kappa shape index (κ3) is 4.15. The summed E-state index contributed by atoms with van der Waals surface area (Å²) in [5.41, 5.74) is 5.10. The molecule has 0 saturated heterocycles. The van der Waals surface area contributed by atoms with Crippen LogP contribution >= 0.6 is 0 Å². The van der Waals surface area contributed by atoms with E-state index in [1.165, 1.54) is 5.56 Å². The Labute approximate surface area is 196 Å². The zero-order valence-corrected chi connectivity index (χ0v) is 19.1. The fourth-order valence-corrected chi connectivity index (χ4v) is 4.69. The molecule has 8 heteroatoms. The monoisotopic (exact) mass is 458 g/mol. The van der Waals surface area contributed by atoms with E-state index in [-0.39, 0.29) is 24.2 Å². The Kier molecular flexibility index (Phi) is 5.81. The number of benzene rings is 3. The quantitative estimate of drug-likeness (QED) is 0.411. The minimum atomic E-state index is -0.275. The summed E-state index contributed by atoms with van der Waals surface area (Å²) in [6.07, 6.45) is 0.794. The van der Waals surface area contributed by atoms with Gasteiger partial charge in [-0.3, -0.25) is 9.69 Å². The number of imidazole rings is 1. The van der Waals surface area contributed by atoms with Gasteiger partial charge in [0.15, 0.2) is 11.5 Å². The second kappa shape index (κ2) is 9.07. The van der Waals surface area contributed by atoms with Gasteiger partial charge in [-0.15, -0.1) is 0 Å². The molecule has 0 unspecified atom stereocenters. The molecule has 1 aliphatic heterocycles. The molecular weight excluding hydrogens is 432 g/mol. The lowest BCUT2D eigenvalue weighted by Crippen LogP contribution is -2.41. The summed E-state index contributed by atoms with van der Waals surface area (Å²) in [6.45, 7) is 0.939. The van der Waals surface area contributed by atoms with Gasteiger partial charge in [0, 0.05) is 12.2 Å². The molecule has 0 bridgehead atoms. The molecular formula is C26H26N4O4. The van der Waals surface area contributed by atoms with E-state index < -0.39 is 0 Å². The first-order valence-electron chi connectivity index (χ1n) is 11.1. The van der Waals surface area contributed by atoms with Crippen molar-refractivity contribution in [1.29, 1.82) is 0 Å². The van der Waals surface area contributed by atoms with Crippen LogP contribution in [0.25, 0.3) is 11.0 Å². The van der Waals surface area contributed by atoms with Gasteiger partial charge in [0.1, 0.15) is 0 Å². The topological polar surface area (TPSA) is 99.4 Å². The molecule has 0 saturated carbocycles. The lowest BCUT2D eigenvalue weighted by molar-refractivity contribution is -0.117. The molecule has 0 fully saturated rings. The van der Waals surface area contributed by atoms with Crippen LogP contribution in [-0.4, -0.2) is 48.1 Å². The van der Waals surface area contributed by atoms with Crippen LogP contribution in [0.1, 0.15) is 22.7 Å². The number of ether oxygens (including phenoxy) is 2. The molecule has 8 nitrogen and oxygen atoms in total. The van der Waals surface area contributed by atoms with E-state index in [4.69, 9.17) is 9.47 Å². The van der Waals surface area contributed by atoms with Crippen molar-refractivity contribution in [2.75, 3.05) is 32.6 Å². The standard InChI is InChI=1S/C26H26N4O4/c1-33-22-12-17-10-11-30(25(16-6-4-3-5-7-16)19(17)14-23(22)34-2)15-24(31)27-18-8-9-20-21(13-18)29-26(32)28-20/h3-9,12-14,25H,10-11,15H2,1-2H3,(H,27,31)(H2,28,29,32)/t25-/m0/s1. The van der Waals surface area contributed by atoms with Gasteiger partial charge < -0.3 is 24.8 Å². The Bertz CT molecular complexity index is 1390. The zero-order valence-electron chi connectivity index (χ0n) is 19.1. The van der Waals surface area contributed by atoms with Crippen LogP contribution in [0.15, 0.2) is 65.5 Å². The van der Waals surface area contributed by atoms with Crippen LogP contribution in [0.4, 0.5) is 5.69 Å². The van der Waals surface area contributed by atoms with E-state index >= 15 is 0 Å². The molecule has 0 aliphatic carbocycles. The number of hydrogen-bond acceptors (Lipinski definition) is 5.